The van der Waals surface area contributed by atoms with Crippen molar-refractivity contribution in [1.29, 1.82) is 5.41 Å². The Morgan fingerprint density at radius 3 is 2.58 bits per heavy atom. The Kier molecular flexibility index (Phi) is 8.65. The number of amides is 1. The van der Waals surface area contributed by atoms with Gasteiger partial charge >= 0.3 is 12.1 Å². The number of carboxylic acid groups (broad SMARTS) is 1. The Bertz CT molecular complexity index is 1500. The summed E-state index contributed by atoms with van der Waals surface area (Å²) >= 11 is 6.94. The number of nitrogens with two attached hydrogens (primary N) is 1. The Balaban J connectivity index is 0.000000505. The molecule has 10 nitrogen and oxygen atoms in total. The van der Waals surface area contributed by atoms with Crippen LogP contribution in [-0.2, 0) is 26.2 Å². The molecular weight excluding hydrogens is 571 g/mol. The number of carbonyl (C=O) groups is 2. The number of carboxylic acids is 1. The summed E-state index contributed by atoms with van der Waals surface area (Å²) in [5.74, 6) is -3.05. The zero-order chi connectivity index (χ0) is 28.4. The summed E-state index contributed by atoms with van der Waals surface area (Å²) in [6.45, 7) is 0.771. The van der Waals surface area contributed by atoms with Crippen LogP contribution in [0.1, 0.15) is 17.5 Å². The van der Waals surface area contributed by atoms with Gasteiger partial charge in [0.15, 0.2) is 0 Å². The maximum absolute atomic E-state index is 13.2. The number of alkyl halides is 3. The topological polar surface area (TPSA) is 158 Å². The lowest BCUT2D eigenvalue weighted by Gasteiger charge is -2.23. The van der Waals surface area contributed by atoms with Gasteiger partial charge in [0, 0.05) is 31.1 Å². The van der Waals surface area contributed by atoms with Crippen LogP contribution in [0, 0.1) is 5.41 Å². The molecule has 1 atom stereocenters. The summed E-state index contributed by atoms with van der Waals surface area (Å²) in [7, 11) is -2.43. The number of nitrogens with one attached hydrogen (secondary N) is 1. The van der Waals surface area contributed by atoms with Crippen molar-refractivity contribution < 1.29 is 36.3 Å². The number of nitrogen functional groups attached to an aromatic ring is 1. The molecular formula is C22H21ClF3N5O5S2. The molecule has 4 rings (SSSR count). The van der Waals surface area contributed by atoms with E-state index < -0.39 is 28.2 Å². The van der Waals surface area contributed by atoms with Gasteiger partial charge in [-0.3, -0.25) is 10.2 Å². The number of thiophene rings is 1. The van der Waals surface area contributed by atoms with E-state index in [0.717, 1.165) is 21.2 Å². The first-order chi connectivity index (χ1) is 17.6. The van der Waals surface area contributed by atoms with Gasteiger partial charge in [0.05, 0.1) is 0 Å². The summed E-state index contributed by atoms with van der Waals surface area (Å²) in [4.78, 5) is 28.2. The van der Waals surface area contributed by atoms with Gasteiger partial charge in [-0.1, -0.05) is 29.8 Å². The molecule has 0 saturated carbocycles. The van der Waals surface area contributed by atoms with Crippen molar-refractivity contribution in [2.24, 2.45) is 5.73 Å². The van der Waals surface area contributed by atoms with Crippen molar-refractivity contribution in [2.75, 3.05) is 13.6 Å². The molecule has 204 valence electrons. The van der Waals surface area contributed by atoms with E-state index in [1.807, 2.05) is 6.07 Å². The average molecular weight is 592 g/mol. The second-order valence-electron chi connectivity index (χ2n) is 8.10. The zero-order valence-electron chi connectivity index (χ0n) is 19.6. The number of rotatable bonds is 6. The number of likely N-dealkylation sites (tertiary alicyclic amines) is 1. The van der Waals surface area contributed by atoms with Gasteiger partial charge in [0.25, 0.3) is 10.0 Å². The van der Waals surface area contributed by atoms with E-state index in [0.29, 0.717) is 40.4 Å². The van der Waals surface area contributed by atoms with Crippen LogP contribution in [0.2, 0.25) is 5.15 Å². The lowest BCUT2D eigenvalue weighted by molar-refractivity contribution is -0.192. The first kappa shape index (κ1) is 29.3. The highest BCUT2D eigenvalue weighted by molar-refractivity contribution is 7.91. The number of carbonyl (C=O) groups excluding carboxylic acids is 1. The van der Waals surface area contributed by atoms with E-state index in [4.69, 9.17) is 32.6 Å². The molecule has 3 heterocycles. The molecule has 0 spiro atoms. The van der Waals surface area contributed by atoms with E-state index >= 15 is 0 Å². The monoisotopic (exact) mass is 591 g/mol. The van der Waals surface area contributed by atoms with E-state index in [9.17, 15) is 26.4 Å². The molecule has 0 unspecified atom stereocenters. The molecule has 4 N–H and O–H groups in total. The summed E-state index contributed by atoms with van der Waals surface area (Å²) in [6, 6.07) is 11.2. The molecule has 1 fully saturated rings. The molecule has 1 aromatic carbocycles. The fraction of sp³-hybridized carbons (Fsp3) is 0.273. The number of fused-ring (bicyclic) bond motifs is 1. The van der Waals surface area contributed by atoms with Gasteiger partial charge in [0.1, 0.15) is 26.1 Å². The molecule has 2 aromatic heterocycles. The van der Waals surface area contributed by atoms with Gasteiger partial charge in [-0.15, -0.1) is 11.3 Å². The minimum atomic E-state index is -5.08. The molecule has 38 heavy (non-hydrogen) atoms. The third kappa shape index (κ3) is 6.59. The van der Waals surface area contributed by atoms with Crippen LogP contribution in [0.15, 0.2) is 46.7 Å². The highest BCUT2D eigenvalue weighted by Crippen LogP contribution is 2.32. The van der Waals surface area contributed by atoms with Crippen LogP contribution in [0.4, 0.5) is 13.2 Å². The van der Waals surface area contributed by atoms with Gasteiger partial charge in [0.2, 0.25) is 5.91 Å². The standard InChI is InChI=1S/C20H20ClN5O3S2.C2HF3O2/c1-25(31(28,29)17-10-14-5-6-16(21)24-19(14)30-17)15-7-8-26(20(15)27)11-12-3-2-4-13(9-12)18(22)23;3-2(4,5)1(6)7/h2-6,9-10,15H,7-8,11H2,1H3,(H3,22,23);(H,6,7)/t15-;/m0./s1. The van der Waals surface area contributed by atoms with Crippen LogP contribution in [0.3, 0.4) is 0 Å². The van der Waals surface area contributed by atoms with Crippen molar-refractivity contribution in [3.05, 3.63) is 58.7 Å². The smallest absolute Gasteiger partial charge is 0.475 e. The second-order valence-corrected chi connectivity index (χ2v) is 11.7. The summed E-state index contributed by atoms with van der Waals surface area (Å²) in [5.41, 5.74) is 6.95. The Morgan fingerprint density at radius 1 is 1.32 bits per heavy atom. The largest absolute Gasteiger partial charge is 0.490 e. The maximum atomic E-state index is 13.2. The van der Waals surface area contributed by atoms with E-state index in [-0.39, 0.29) is 16.0 Å². The SMILES string of the molecule is CN([C@H]1CCN(Cc2cccc(C(=N)N)c2)C1=O)S(=O)(=O)c1cc2ccc(Cl)nc2s1.O=C(O)C(F)(F)F. The van der Waals surface area contributed by atoms with Crippen LogP contribution in [-0.4, -0.2) is 71.2 Å². The van der Waals surface area contributed by atoms with E-state index in [2.05, 4.69) is 4.98 Å². The predicted molar refractivity (Wildman–Crippen MR) is 135 cm³/mol. The molecule has 1 aliphatic rings. The number of sulfonamides is 1. The number of amidine groups is 1. The predicted octanol–water partition coefficient (Wildman–Crippen LogP) is 3.29. The van der Waals surface area contributed by atoms with Gasteiger partial charge in [-0.2, -0.15) is 17.5 Å². The van der Waals surface area contributed by atoms with Gasteiger partial charge < -0.3 is 15.7 Å². The molecule has 1 saturated heterocycles. The van der Waals surface area contributed by atoms with Crippen LogP contribution in [0.25, 0.3) is 10.2 Å². The lowest BCUT2D eigenvalue weighted by Crippen LogP contribution is -2.42. The minimum Gasteiger partial charge on any atom is -0.475 e. The van der Waals surface area contributed by atoms with Crippen molar-refractivity contribution in [1.82, 2.24) is 14.2 Å². The van der Waals surface area contributed by atoms with Crippen molar-refractivity contribution in [2.45, 2.75) is 29.4 Å². The van der Waals surface area contributed by atoms with Crippen LogP contribution >= 0.6 is 22.9 Å². The molecule has 0 aliphatic carbocycles. The fourth-order valence-electron chi connectivity index (χ4n) is 3.58. The highest BCUT2D eigenvalue weighted by Gasteiger charge is 2.40. The third-order valence-corrected chi connectivity index (χ3v) is 9.09. The quantitative estimate of drug-likeness (QED) is 0.225. The van der Waals surface area contributed by atoms with Crippen molar-refractivity contribution in [3.8, 4) is 0 Å². The Labute approximate surface area is 224 Å². The Hall–Kier alpha value is -3.27. The fourth-order valence-corrected chi connectivity index (χ4v) is 6.65. The first-order valence-electron chi connectivity index (χ1n) is 10.7. The zero-order valence-corrected chi connectivity index (χ0v) is 22.0. The van der Waals surface area contributed by atoms with Crippen molar-refractivity contribution in [3.63, 3.8) is 0 Å². The van der Waals surface area contributed by atoms with Crippen molar-refractivity contribution >= 4 is 60.9 Å². The average Bonchev–Trinajstić information content (AvgIpc) is 3.42. The number of pyridine rings is 1. The Morgan fingerprint density at radius 2 is 1.97 bits per heavy atom. The number of aliphatic carboxylic acids is 1. The summed E-state index contributed by atoms with van der Waals surface area (Å²) < 4.78 is 59.4. The number of aromatic nitrogens is 1. The molecule has 0 radical (unpaired) electrons. The molecule has 1 amide bonds. The third-order valence-electron chi connectivity index (χ3n) is 5.52. The number of hydrogen-bond donors (Lipinski definition) is 3. The lowest BCUT2D eigenvalue weighted by atomic mass is 10.1. The number of likely N-dealkylation sites (N-methyl/N-ethyl adjacent to an activating group) is 1. The van der Waals surface area contributed by atoms with Crippen LogP contribution < -0.4 is 5.73 Å². The number of hydrogen-bond acceptors (Lipinski definition) is 7. The molecule has 0 bridgehead atoms. The number of benzene rings is 1. The van der Waals surface area contributed by atoms with E-state index in [1.54, 1.807) is 41.3 Å². The molecule has 1 aliphatic heterocycles. The summed E-state index contributed by atoms with van der Waals surface area (Å²) in [5, 5.41) is 15.7. The van der Waals surface area contributed by atoms with E-state index in [1.165, 1.54) is 7.05 Å². The first-order valence-corrected chi connectivity index (χ1v) is 13.3. The van der Waals surface area contributed by atoms with Gasteiger partial charge in [-0.05, 0) is 36.2 Å². The molecule has 3 aromatic rings. The minimum absolute atomic E-state index is 0.0441. The maximum Gasteiger partial charge on any atom is 0.490 e. The normalized spacial score (nSPS) is 16.0. The second kappa shape index (κ2) is 11.2. The number of nitrogens with zero attached hydrogens (tertiary/aromatic N) is 3. The molecule has 16 heteroatoms. The van der Waals surface area contributed by atoms with Crippen LogP contribution in [0.5, 0.6) is 0 Å². The highest BCUT2D eigenvalue weighted by atomic mass is 35.5. The summed E-state index contributed by atoms with van der Waals surface area (Å²) in [6.07, 6.45) is -4.68. The number of halogens is 4. The van der Waals surface area contributed by atoms with Gasteiger partial charge in [-0.25, -0.2) is 18.2 Å².